The number of carbonyl (C=O) groups excluding carboxylic acids is 1. The number of aliphatic carboxylic acids is 1. The Labute approximate surface area is 125 Å². The maximum atomic E-state index is 12.1. The topological polar surface area (TPSA) is 76.1 Å². The molecule has 1 spiro atoms. The lowest BCUT2D eigenvalue weighted by Crippen LogP contribution is -2.38. The van der Waals surface area contributed by atoms with Crippen molar-refractivity contribution in [1.82, 2.24) is 4.90 Å². The van der Waals surface area contributed by atoms with Crippen LogP contribution in [-0.4, -0.2) is 53.0 Å². The molecule has 6 nitrogen and oxygen atoms in total. The van der Waals surface area contributed by atoms with Crippen molar-refractivity contribution < 1.29 is 24.2 Å². The van der Waals surface area contributed by atoms with E-state index in [4.69, 9.17) is 14.6 Å². The number of carbonyl (C=O) groups is 2. The van der Waals surface area contributed by atoms with E-state index in [0.717, 1.165) is 12.8 Å². The molecule has 0 unspecified atom stereocenters. The first-order chi connectivity index (χ1) is 9.71. The van der Waals surface area contributed by atoms with Crippen molar-refractivity contribution in [3.63, 3.8) is 0 Å². The van der Waals surface area contributed by atoms with Gasteiger partial charge in [-0.25, -0.2) is 4.79 Å². The van der Waals surface area contributed by atoms with Crippen LogP contribution in [0.5, 0.6) is 0 Å². The van der Waals surface area contributed by atoms with Gasteiger partial charge in [0.1, 0.15) is 5.60 Å². The molecule has 2 saturated heterocycles. The van der Waals surface area contributed by atoms with Crippen molar-refractivity contribution >= 4 is 12.1 Å². The Hall–Kier alpha value is -1.30. The van der Waals surface area contributed by atoms with Crippen molar-refractivity contribution in [3.05, 3.63) is 0 Å². The summed E-state index contributed by atoms with van der Waals surface area (Å²) in [6, 6.07) is 0. The van der Waals surface area contributed by atoms with E-state index in [0.29, 0.717) is 25.9 Å². The molecular formula is C15H25NO5. The SMILES string of the molecule is CC(C)(C)OC(=O)N1CCC[C@@]2(CC1)C[C@H](C(=O)O)CO2. The van der Waals surface area contributed by atoms with Gasteiger partial charge in [-0.15, -0.1) is 0 Å². The smallest absolute Gasteiger partial charge is 0.410 e. The first kappa shape index (κ1) is 16.1. The highest BCUT2D eigenvalue weighted by Crippen LogP contribution is 2.38. The zero-order valence-corrected chi connectivity index (χ0v) is 13.1. The highest BCUT2D eigenvalue weighted by molar-refractivity contribution is 5.70. The van der Waals surface area contributed by atoms with Crippen LogP contribution in [0.1, 0.15) is 46.5 Å². The molecule has 0 bridgehead atoms. The van der Waals surface area contributed by atoms with Gasteiger partial charge in [0.05, 0.1) is 18.1 Å². The quantitative estimate of drug-likeness (QED) is 0.803. The Kier molecular flexibility index (Phi) is 4.46. The van der Waals surface area contributed by atoms with E-state index >= 15 is 0 Å². The van der Waals surface area contributed by atoms with Gasteiger partial charge in [0.15, 0.2) is 0 Å². The number of likely N-dealkylation sites (tertiary alicyclic amines) is 1. The highest BCUT2D eigenvalue weighted by Gasteiger charge is 2.44. The van der Waals surface area contributed by atoms with Crippen LogP contribution in [0.25, 0.3) is 0 Å². The van der Waals surface area contributed by atoms with Gasteiger partial charge in [-0.2, -0.15) is 0 Å². The Morgan fingerprint density at radius 1 is 1.29 bits per heavy atom. The summed E-state index contributed by atoms with van der Waals surface area (Å²) >= 11 is 0. The van der Waals surface area contributed by atoms with Gasteiger partial charge in [0, 0.05) is 13.1 Å². The molecule has 1 amide bonds. The van der Waals surface area contributed by atoms with E-state index < -0.39 is 17.5 Å². The average molecular weight is 299 g/mol. The monoisotopic (exact) mass is 299 g/mol. The molecule has 0 aromatic heterocycles. The van der Waals surface area contributed by atoms with Crippen LogP contribution in [0, 0.1) is 5.92 Å². The zero-order chi connectivity index (χ0) is 15.7. The Morgan fingerprint density at radius 3 is 2.57 bits per heavy atom. The molecule has 120 valence electrons. The van der Waals surface area contributed by atoms with Crippen LogP contribution in [0.2, 0.25) is 0 Å². The maximum absolute atomic E-state index is 12.1. The molecule has 0 radical (unpaired) electrons. The lowest BCUT2D eigenvalue weighted by Gasteiger charge is -2.28. The fraction of sp³-hybridized carbons (Fsp3) is 0.867. The molecule has 0 aliphatic carbocycles. The summed E-state index contributed by atoms with van der Waals surface area (Å²) < 4.78 is 11.2. The summed E-state index contributed by atoms with van der Waals surface area (Å²) in [6.45, 7) is 7.02. The van der Waals surface area contributed by atoms with Gasteiger partial charge in [0.25, 0.3) is 0 Å². The van der Waals surface area contributed by atoms with E-state index in [2.05, 4.69) is 0 Å². The molecule has 2 atom stereocenters. The van der Waals surface area contributed by atoms with Crippen LogP contribution in [0.4, 0.5) is 4.79 Å². The molecule has 1 N–H and O–H groups in total. The van der Waals surface area contributed by atoms with Crippen molar-refractivity contribution in [2.75, 3.05) is 19.7 Å². The van der Waals surface area contributed by atoms with Crippen molar-refractivity contribution in [2.45, 2.75) is 57.7 Å². The molecule has 2 fully saturated rings. The van der Waals surface area contributed by atoms with Gasteiger partial charge < -0.3 is 19.5 Å². The van der Waals surface area contributed by atoms with E-state index in [1.54, 1.807) is 4.90 Å². The largest absolute Gasteiger partial charge is 0.481 e. The predicted molar refractivity (Wildman–Crippen MR) is 76.1 cm³/mol. The van der Waals surface area contributed by atoms with Crippen LogP contribution in [0.15, 0.2) is 0 Å². The predicted octanol–water partition coefficient (Wildman–Crippen LogP) is 2.27. The van der Waals surface area contributed by atoms with E-state index in [-0.39, 0.29) is 18.3 Å². The molecule has 2 rings (SSSR count). The zero-order valence-electron chi connectivity index (χ0n) is 13.1. The minimum absolute atomic E-state index is 0.280. The Morgan fingerprint density at radius 2 is 2.00 bits per heavy atom. The number of hydrogen-bond donors (Lipinski definition) is 1. The fourth-order valence-corrected chi connectivity index (χ4v) is 3.03. The number of amides is 1. The van der Waals surface area contributed by atoms with Crippen LogP contribution in [-0.2, 0) is 14.3 Å². The second-order valence-corrected chi connectivity index (χ2v) is 7.05. The molecule has 21 heavy (non-hydrogen) atoms. The second-order valence-electron chi connectivity index (χ2n) is 7.05. The Balaban J connectivity index is 1.94. The molecule has 2 aliphatic rings. The number of rotatable bonds is 1. The van der Waals surface area contributed by atoms with Gasteiger partial charge >= 0.3 is 12.1 Å². The summed E-state index contributed by atoms with van der Waals surface area (Å²) in [5, 5.41) is 9.10. The average Bonchev–Trinajstić information content (AvgIpc) is 2.63. The summed E-state index contributed by atoms with van der Waals surface area (Å²) in [4.78, 5) is 24.9. The van der Waals surface area contributed by atoms with E-state index in [1.807, 2.05) is 20.8 Å². The molecule has 0 saturated carbocycles. The van der Waals surface area contributed by atoms with Gasteiger partial charge in [-0.1, -0.05) is 0 Å². The van der Waals surface area contributed by atoms with Gasteiger partial charge in [-0.05, 0) is 46.5 Å². The lowest BCUT2D eigenvalue weighted by molar-refractivity contribution is -0.141. The number of carboxylic acid groups (broad SMARTS) is 1. The highest BCUT2D eigenvalue weighted by atomic mass is 16.6. The van der Waals surface area contributed by atoms with Crippen molar-refractivity contribution in [1.29, 1.82) is 0 Å². The minimum Gasteiger partial charge on any atom is -0.481 e. The lowest BCUT2D eigenvalue weighted by atomic mass is 9.88. The van der Waals surface area contributed by atoms with Crippen LogP contribution >= 0.6 is 0 Å². The van der Waals surface area contributed by atoms with Crippen molar-refractivity contribution in [2.24, 2.45) is 5.92 Å². The first-order valence-corrected chi connectivity index (χ1v) is 7.55. The first-order valence-electron chi connectivity index (χ1n) is 7.55. The summed E-state index contributed by atoms with van der Waals surface area (Å²) in [5.41, 5.74) is -0.876. The summed E-state index contributed by atoms with van der Waals surface area (Å²) in [5.74, 6) is -1.21. The number of carboxylic acids is 1. The second kappa shape index (κ2) is 5.83. The van der Waals surface area contributed by atoms with Crippen LogP contribution < -0.4 is 0 Å². The van der Waals surface area contributed by atoms with Crippen molar-refractivity contribution in [3.8, 4) is 0 Å². The third-order valence-electron chi connectivity index (χ3n) is 4.11. The molecule has 0 aromatic carbocycles. The number of ether oxygens (including phenoxy) is 2. The molecule has 6 heteroatoms. The molecule has 2 aliphatic heterocycles. The third kappa shape index (κ3) is 4.09. The summed E-state index contributed by atoms with van der Waals surface area (Å²) in [7, 11) is 0. The molecule has 0 aromatic rings. The van der Waals surface area contributed by atoms with Gasteiger partial charge in [0.2, 0.25) is 0 Å². The number of nitrogens with zero attached hydrogens (tertiary/aromatic N) is 1. The standard InChI is InChI=1S/C15H25NO5/c1-14(2,3)21-13(19)16-7-4-5-15(6-8-16)9-11(10-20-15)12(17)18/h11H,4-10H2,1-3H3,(H,17,18)/t11-,15+/m0/s1. The number of hydrogen-bond acceptors (Lipinski definition) is 4. The third-order valence-corrected chi connectivity index (χ3v) is 4.11. The Bertz CT molecular complexity index is 417. The van der Waals surface area contributed by atoms with Gasteiger partial charge in [-0.3, -0.25) is 4.79 Å². The van der Waals surface area contributed by atoms with E-state index in [1.165, 1.54) is 0 Å². The molecular weight excluding hydrogens is 274 g/mol. The van der Waals surface area contributed by atoms with Crippen LogP contribution in [0.3, 0.4) is 0 Å². The summed E-state index contributed by atoms with van der Waals surface area (Å²) in [6.07, 6.45) is 2.54. The maximum Gasteiger partial charge on any atom is 0.410 e. The molecule has 2 heterocycles. The minimum atomic E-state index is -0.792. The van der Waals surface area contributed by atoms with E-state index in [9.17, 15) is 9.59 Å². The normalized spacial score (nSPS) is 30.2. The fourth-order valence-electron chi connectivity index (χ4n) is 3.03.